The predicted octanol–water partition coefficient (Wildman–Crippen LogP) is 1.90. The van der Waals surface area contributed by atoms with Gasteiger partial charge in [0.1, 0.15) is 18.0 Å². The molecular weight excluding hydrogens is 261 g/mol. The van der Waals surface area contributed by atoms with Crippen molar-refractivity contribution in [3.8, 4) is 0 Å². The summed E-state index contributed by atoms with van der Waals surface area (Å²) in [5.74, 6) is -0.213. The summed E-state index contributed by atoms with van der Waals surface area (Å²) in [5, 5.41) is 0. The quantitative estimate of drug-likeness (QED) is 0.830. The Hall–Kier alpha value is -1.46. The van der Waals surface area contributed by atoms with Crippen LogP contribution in [0.2, 0.25) is 0 Å². The lowest BCUT2D eigenvalue weighted by molar-refractivity contribution is -0.148. The SMILES string of the molecule is O=C(C1CCCO1)N1CCOC(c2ccc(F)cc2)C1. The van der Waals surface area contributed by atoms with E-state index in [1.54, 1.807) is 17.0 Å². The van der Waals surface area contributed by atoms with Gasteiger partial charge in [0.05, 0.1) is 13.2 Å². The van der Waals surface area contributed by atoms with Crippen LogP contribution in [0.1, 0.15) is 24.5 Å². The van der Waals surface area contributed by atoms with E-state index in [9.17, 15) is 9.18 Å². The monoisotopic (exact) mass is 279 g/mol. The van der Waals surface area contributed by atoms with Crippen molar-refractivity contribution in [3.63, 3.8) is 0 Å². The Morgan fingerprint density at radius 1 is 1.20 bits per heavy atom. The number of morpholine rings is 1. The molecule has 1 amide bonds. The second kappa shape index (κ2) is 5.89. The van der Waals surface area contributed by atoms with Crippen LogP contribution >= 0.6 is 0 Å². The van der Waals surface area contributed by atoms with Crippen LogP contribution in [0, 0.1) is 5.82 Å². The van der Waals surface area contributed by atoms with Crippen molar-refractivity contribution in [3.05, 3.63) is 35.6 Å². The first-order valence-corrected chi connectivity index (χ1v) is 7.01. The summed E-state index contributed by atoms with van der Waals surface area (Å²) in [6.45, 7) is 2.27. The molecule has 0 N–H and O–H groups in total. The molecule has 0 bridgehead atoms. The topological polar surface area (TPSA) is 38.8 Å². The van der Waals surface area contributed by atoms with Crippen molar-refractivity contribution in [1.82, 2.24) is 4.90 Å². The molecule has 1 aromatic rings. The van der Waals surface area contributed by atoms with Crippen LogP contribution in [0.25, 0.3) is 0 Å². The number of hydrogen-bond donors (Lipinski definition) is 0. The van der Waals surface area contributed by atoms with E-state index < -0.39 is 0 Å². The summed E-state index contributed by atoms with van der Waals surface area (Å²) in [6, 6.07) is 6.25. The zero-order chi connectivity index (χ0) is 13.9. The van der Waals surface area contributed by atoms with Crippen molar-refractivity contribution in [1.29, 1.82) is 0 Å². The first kappa shape index (κ1) is 13.5. The maximum absolute atomic E-state index is 12.9. The minimum Gasteiger partial charge on any atom is -0.370 e. The van der Waals surface area contributed by atoms with Gasteiger partial charge in [-0.2, -0.15) is 0 Å². The standard InChI is InChI=1S/C15H18FNO3/c16-12-5-3-11(4-6-12)14-10-17(7-9-20-14)15(18)13-2-1-8-19-13/h3-6,13-14H,1-2,7-10H2. The smallest absolute Gasteiger partial charge is 0.251 e. The third-order valence-corrected chi connectivity index (χ3v) is 3.83. The van der Waals surface area contributed by atoms with Gasteiger partial charge in [0.25, 0.3) is 5.91 Å². The molecule has 2 unspecified atom stereocenters. The van der Waals surface area contributed by atoms with Crippen LogP contribution < -0.4 is 0 Å². The fourth-order valence-electron chi connectivity index (χ4n) is 2.70. The Balaban J connectivity index is 1.66. The molecule has 2 heterocycles. The lowest BCUT2D eigenvalue weighted by Gasteiger charge is -2.34. The molecule has 0 radical (unpaired) electrons. The van der Waals surface area contributed by atoms with E-state index in [-0.39, 0.29) is 23.9 Å². The summed E-state index contributed by atoms with van der Waals surface area (Å²) in [4.78, 5) is 14.1. The Kier molecular flexibility index (Phi) is 3.98. The van der Waals surface area contributed by atoms with Crippen LogP contribution in [-0.4, -0.2) is 43.2 Å². The van der Waals surface area contributed by atoms with E-state index in [2.05, 4.69) is 0 Å². The van der Waals surface area contributed by atoms with Crippen LogP contribution in [0.15, 0.2) is 24.3 Å². The number of nitrogens with zero attached hydrogens (tertiary/aromatic N) is 1. The number of halogens is 1. The number of carbonyl (C=O) groups excluding carboxylic acids is 1. The number of hydrogen-bond acceptors (Lipinski definition) is 3. The largest absolute Gasteiger partial charge is 0.370 e. The molecule has 5 heteroatoms. The molecule has 0 aliphatic carbocycles. The van der Waals surface area contributed by atoms with Gasteiger partial charge in [0.15, 0.2) is 0 Å². The second-order valence-corrected chi connectivity index (χ2v) is 5.20. The first-order valence-electron chi connectivity index (χ1n) is 7.01. The lowest BCUT2D eigenvalue weighted by Crippen LogP contribution is -2.46. The average molecular weight is 279 g/mol. The van der Waals surface area contributed by atoms with E-state index >= 15 is 0 Å². The Labute approximate surface area is 117 Å². The maximum Gasteiger partial charge on any atom is 0.251 e. The van der Waals surface area contributed by atoms with Gasteiger partial charge in [-0.15, -0.1) is 0 Å². The fourth-order valence-corrected chi connectivity index (χ4v) is 2.70. The van der Waals surface area contributed by atoms with Gasteiger partial charge in [-0.05, 0) is 30.5 Å². The average Bonchev–Trinajstić information content (AvgIpc) is 3.01. The highest BCUT2D eigenvalue weighted by Crippen LogP contribution is 2.24. The summed E-state index contributed by atoms with van der Waals surface area (Å²) in [6.07, 6.45) is 1.27. The zero-order valence-corrected chi connectivity index (χ0v) is 11.3. The highest BCUT2D eigenvalue weighted by atomic mass is 19.1. The molecule has 0 saturated carbocycles. The van der Waals surface area contributed by atoms with E-state index in [4.69, 9.17) is 9.47 Å². The summed E-state index contributed by atoms with van der Waals surface area (Å²) in [5.41, 5.74) is 0.899. The third kappa shape index (κ3) is 2.83. The van der Waals surface area contributed by atoms with Gasteiger partial charge in [-0.3, -0.25) is 4.79 Å². The third-order valence-electron chi connectivity index (χ3n) is 3.83. The first-order chi connectivity index (χ1) is 9.74. The van der Waals surface area contributed by atoms with Crippen LogP contribution in [0.4, 0.5) is 4.39 Å². The molecule has 2 saturated heterocycles. The molecule has 2 aliphatic rings. The molecule has 4 nitrogen and oxygen atoms in total. The van der Waals surface area contributed by atoms with Gasteiger partial charge in [-0.25, -0.2) is 4.39 Å². The van der Waals surface area contributed by atoms with Gasteiger partial charge in [0.2, 0.25) is 0 Å². The fraction of sp³-hybridized carbons (Fsp3) is 0.533. The molecule has 2 fully saturated rings. The number of ether oxygens (including phenoxy) is 2. The Morgan fingerprint density at radius 3 is 2.70 bits per heavy atom. The van der Waals surface area contributed by atoms with Crippen LogP contribution in [0.5, 0.6) is 0 Å². The summed E-state index contributed by atoms with van der Waals surface area (Å²) in [7, 11) is 0. The molecule has 2 atom stereocenters. The molecule has 108 valence electrons. The maximum atomic E-state index is 12.9. The molecule has 2 aliphatic heterocycles. The van der Waals surface area contributed by atoms with Gasteiger partial charge >= 0.3 is 0 Å². The Bertz CT molecular complexity index is 471. The van der Waals surface area contributed by atoms with Crippen molar-refractivity contribution < 1.29 is 18.7 Å². The molecule has 0 aromatic heterocycles. The number of amides is 1. The molecular formula is C15H18FNO3. The number of rotatable bonds is 2. The molecule has 0 spiro atoms. The van der Waals surface area contributed by atoms with Crippen molar-refractivity contribution in [2.75, 3.05) is 26.3 Å². The van der Waals surface area contributed by atoms with E-state index in [1.165, 1.54) is 12.1 Å². The van der Waals surface area contributed by atoms with E-state index in [0.29, 0.717) is 26.3 Å². The van der Waals surface area contributed by atoms with Crippen molar-refractivity contribution >= 4 is 5.91 Å². The highest BCUT2D eigenvalue weighted by Gasteiger charge is 2.32. The summed E-state index contributed by atoms with van der Waals surface area (Å²) < 4.78 is 24.1. The van der Waals surface area contributed by atoms with Gasteiger partial charge in [0, 0.05) is 13.2 Å². The minimum atomic E-state index is -0.290. The lowest BCUT2D eigenvalue weighted by atomic mass is 10.1. The van der Waals surface area contributed by atoms with Gasteiger partial charge in [-0.1, -0.05) is 12.1 Å². The second-order valence-electron chi connectivity index (χ2n) is 5.20. The highest BCUT2D eigenvalue weighted by molar-refractivity contribution is 5.81. The van der Waals surface area contributed by atoms with Crippen molar-refractivity contribution in [2.45, 2.75) is 25.0 Å². The molecule has 3 rings (SSSR count). The number of benzene rings is 1. The van der Waals surface area contributed by atoms with Crippen LogP contribution in [0.3, 0.4) is 0 Å². The molecule has 1 aromatic carbocycles. The zero-order valence-electron chi connectivity index (χ0n) is 11.3. The van der Waals surface area contributed by atoms with Crippen LogP contribution in [-0.2, 0) is 14.3 Å². The minimum absolute atomic E-state index is 0.0536. The van der Waals surface area contributed by atoms with Gasteiger partial charge < -0.3 is 14.4 Å². The normalized spacial score (nSPS) is 26.8. The predicted molar refractivity (Wildman–Crippen MR) is 70.6 cm³/mol. The summed E-state index contributed by atoms with van der Waals surface area (Å²) >= 11 is 0. The van der Waals surface area contributed by atoms with E-state index in [0.717, 1.165) is 18.4 Å². The van der Waals surface area contributed by atoms with E-state index in [1.807, 2.05) is 0 Å². The number of carbonyl (C=O) groups is 1. The molecule has 20 heavy (non-hydrogen) atoms. The van der Waals surface area contributed by atoms with Crippen molar-refractivity contribution in [2.24, 2.45) is 0 Å². The Morgan fingerprint density at radius 2 is 2.00 bits per heavy atom.